The van der Waals surface area contributed by atoms with Gasteiger partial charge in [-0.25, -0.2) is 4.99 Å². The summed E-state index contributed by atoms with van der Waals surface area (Å²) in [5.74, 6) is 1.53. The van der Waals surface area contributed by atoms with E-state index in [-0.39, 0.29) is 11.8 Å². The molecule has 4 rings (SSSR count). The lowest BCUT2D eigenvalue weighted by atomic mass is 10.1. The van der Waals surface area contributed by atoms with Crippen LogP contribution in [0.25, 0.3) is 0 Å². The van der Waals surface area contributed by atoms with Crippen LogP contribution in [0, 0.1) is 0 Å². The summed E-state index contributed by atoms with van der Waals surface area (Å²) in [6, 6.07) is 15.5. The highest BCUT2D eigenvalue weighted by molar-refractivity contribution is 6.05. The Morgan fingerprint density at radius 1 is 1.10 bits per heavy atom. The van der Waals surface area contributed by atoms with Crippen LogP contribution in [-0.2, 0) is 16.1 Å². The van der Waals surface area contributed by atoms with Gasteiger partial charge < -0.3 is 14.5 Å². The Morgan fingerprint density at radius 2 is 1.93 bits per heavy atom. The first-order chi connectivity index (χ1) is 14.6. The molecule has 0 unspecified atom stereocenters. The molecule has 0 aliphatic carbocycles. The first-order valence-corrected chi connectivity index (χ1v) is 10.3. The molecule has 2 aliphatic rings. The van der Waals surface area contributed by atoms with Gasteiger partial charge in [-0.15, -0.1) is 0 Å². The third kappa shape index (κ3) is 4.45. The van der Waals surface area contributed by atoms with Crippen molar-refractivity contribution in [1.29, 1.82) is 0 Å². The Hall–Kier alpha value is -3.35. The molecule has 1 saturated heterocycles. The normalized spacial score (nSPS) is 14.5. The van der Waals surface area contributed by atoms with Crippen LogP contribution in [0.1, 0.15) is 31.2 Å². The van der Waals surface area contributed by atoms with Gasteiger partial charge in [-0.3, -0.25) is 14.9 Å². The molecule has 1 N–H and O–H groups in total. The predicted octanol–water partition coefficient (Wildman–Crippen LogP) is 3.22. The number of unbranched alkanes of at least 4 members (excludes halogenated alkanes) is 2. The summed E-state index contributed by atoms with van der Waals surface area (Å²) >= 11 is 0. The number of ether oxygens (including phenoxy) is 1. The second-order valence-electron chi connectivity index (χ2n) is 7.54. The van der Waals surface area contributed by atoms with Crippen molar-refractivity contribution in [3.8, 4) is 5.75 Å². The van der Waals surface area contributed by atoms with E-state index in [2.05, 4.69) is 10.3 Å². The summed E-state index contributed by atoms with van der Waals surface area (Å²) in [6.45, 7) is 1.54. The molecule has 156 valence electrons. The van der Waals surface area contributed by atoms with Crippen molar-refractivity contribution < 1.29 is 14.3 Å². The number of para-hydroxylation sites is 1. The van der Waals surface area contributed by atoms with Gasteiger partial charge in [-0.1, -0.05) is 24.3 Å². The lowest BCUT2D eigenvalue weighted by Crippen LogP contribution is -2.32. The van der Waals surface area contributed by atoms with Crippen molar-refractivity contribution in [1.82, 2.24) is 10.2 Å². The van der Waals surface area contributed by atoms with E-state index in [1.165, 1.54) is 0 Å². The average Bonchev–Trinajstić information content (AvgIpc) is 3.13. The molecular weight excluding hydrogens is 380 g/mol. The second kappa shape index (κ2) is 8.98. The summed E-state index contributed by atoms with van der Waals surface area (Å²) in [6.07, 6.45) is 3.17. The topological polar surface area (TPSA) is 74.2 Å². The van der Waals surface area contributed by atoms with Crippen molar-refractivity contribution in [2.24, 2.45) is 4.99 Å². The lowest BCUT2D eigenvalue weighted by Gasteiger charge is -2.24. The van der Waals surface area contributed by atoms with Crippen LogP contribution in [0.5, 0.6) is 5.75 Å². The van der Waals surface area contributed by atoms with Gasteiger partial charge in [-0.05, 0) is 43.5 Å². The standard InChI is InChI=1S/C23H26N4O3/c1-26(17-9-4-2-5-10-17)22(29)13-6-3-7-14-30-20-12-8-11-19-18(20)15-27-16-21(28)25-23(27)24-19/h2,4-5,8-12H,3,6-7,13-16H2,1H3,(H,24,25,28). The minimum Gasteiger partial charge on any atom is -0.493 e. The van der Waals surface area contributed by atoms with Gasteiger partial charge in [0.2, 0.25) is 17.8 Å². The highest BCUT2D eigenvalue weighted by atomic mass is 16.5. The van der Waals surface area contributed by atoms with Gasteiger partial charge in [0.25, 0.3) is 0 Å². The number of fused-ring (bicyclic) bond motifs is 2. The van der Waals surface area contributed by atoms with E-state index in [1.54, 1.807) is 4.90 Å². The Labute approximate surface area is 176 Å². The number of carbonyl (C=O) groups excluding carboxylic acids is 2. The van der Waals surface area contributed by atoms with Crippen molar-refractivity contribution in [3.63, 3.8) is 0 Å². The lowest BCUT2D eigenvalue weighted by molar-refractivity contribution is -0.119. The van der Waals surface area contributed by atoms with E-state index >= 15 is 0 Å². The SMILES string of the molecule is CN(C(=O)CCCCCOc1cccc2c1CN1CC(=O)NC1=N2)c1ccccc1. The molecule has 0 atom stereocenters. The first-order valence-electron chi connectivity index (χ1n) is 10.3. The molecule has 1 fully saturated rings. The number of aliphatic imine (C=N–C) groups is 1. The molecule has 2 aromatic rings. The van der Waals surface area contributed by atoms with Crippen LogP contribution in [0.3, 0.4) is 0 Å². The van der Waals surface area contributed by atoms with Gasteiger partial charge in [0.1, 0.15) is 12.3 Å². The quantitative estimate of drug-likeness (QED) is 0.683. The molecule has 2 aliphatic heterocycles. The summed E-state index contributed by atoms with van der Waals surface area (Å²) < 4.78 is 6.01. The fourth-order valence-corrected chi connectivity index (χ4v) is 3.68. The van der Waals surface area contributed by atoms with Gasteiger partial charge in [0.15, 0.2) is 0 Å². The van der Waals surface area contributed by atoms with Crippen LogP contribution < -0.4 is 15.0 Å². The number of guanidine groups is 1. The maximum atomic E-state index is 12.3. The van der Waals surface area contributed by atoms with E-state index in [0.29, 0.717) is 32.1 Å². The van der Waals surface area contributed by atoms with E-state index in [9.17, 15) is 9.59 Å². The van der Waals surface area contributed by atoms with Crippen molar-refractivity contribution in [2.45, 2.75) is 32.2 Å². The molecule has 0 bridgehead atoms. The molecule has 30 heavy (non-hydrogen) atoms. The zero-order valence-corrected chi connectivity index (χ0v) is 17.1. The van der Waals surface area contributed by atoms with E-state index in [1.807, 2.05) is 60.5 Å². The number of anilines is 1. The average molecular weight is 406 g/mol. The van der Waals surface area contributed by atoms with Crippen LogP contribution in [0.2, 0.25) is 0 Å². The fourth-order valence-electron chi connectivity index (χ4n) is 3.68. The Bertz CT molecular complexity index is 958. The minimum absolute atomic E-state index is 0.0310. The number of nitrogens with one attached hydrogen (secondary N) is 1. The Balaban J connectivity index is 1.22. The van der Waals surface area contributed by atoms with Crippen molar-refractivity contribution in [3.05, 3.63) is 54.1 Å². The predicted molar refractivity (Wildman–Crippen MR) is 116 cm³/mol. The van der Waals surface area contributed by atoms with E-state index in [0.717, 1.165) is 42.0 Å². The maximum Gasteiger partial charge on any atom is 0.246 e. The zero-order valence-electron chi connectivity index (χ0n) is 17.1. The first kappa shape index (κ1) is 19.9. The Morgan fingerprint density at radius 3 is 2.77 bits per heavy atom. The minimum atomic E-state index is -0.0310. The third-order valence-corrected chi connectivity index (χ3v) is 5.38. The molecule has 0 aromatic heterocycles. The monoisotopic (exact) mass is 406 g/mol. The van der Waals surface area contributed by atoms with Crippen LogP contribution in [-0.4, -0.2) is 42.9 Å². The molecule has 7 heteroatoms. The van der Waals surface area contributed by atoms with E-state index < -0.39 is 0 Å². The number of amides is 2. The van der Waals surface area contributed by atoms with Crippen LogP contribution in [0.15, 0.2) is 53.5 Å². The van der Waals surface area contributed by atoms with E-state index in [4.69, 9.17) is 4.74 Å². The zero-order chi connectivity index (χ0) is 20.9. The summed E-state index contributed by atoms with van der Waals surface area (Å²) in [7, 11) is 1.82. The third-order valence-electron chi connectivity index (χ3n) is 5.38. The fraction of sp³-hybridized carbons (Fsp3) is 0.348. The van der Waals surface area contributed by atoms with Crippen LogP contribution in [0.4, 0.5) is 11.4 Å². The highest BCUT2D eigenvalue weighted by Crippen LogP contribution is 2.34. The van der Waals surface area contributed by atoms with Gasteiger partial charge in [-0.2, -0.15) is 0 Å². The molecule has 2 aromatic carbocycles. The maximum absolute atomic E-state index is 12.3. The van der Waals surface area contributed by atoms with Crippen molar-refractivity contribution >= 4 is 29.1 Å². The number of hydrogen-bond acceptors (Lipinski definition) is 5. The number of benzene rings is 2. The van der Waals surface area contributed by atoms with Crippen molar-refractivity contribution in [2.75, 3.05) is 25.1 Å². The van der Waals surface area contributed by atoms with Gasteiger partial charge >= 0.3 is 0 Å². The largest absolute Gasteiger partial charge is 0.493 e. The van der Waals surface area contributed by atoms with Gasteiger partial charge in [0, 0.05) is 24.7 Å². The second-order valence-corrected chi connectivity index (χ2v) is 7.54. The number of rotatable bonds is 8. The molecule has 0 spiro atoms. The van der Waals surface area contributed by atoms with Crippen LogP contribution >= 0.6 is 0 Å². The summed E-state index contributed by atoms with van der Waals surface area (Å²) in [4.78, 5) is 32.1. The number of nitrogens with zero attached hydrogens (tertiary/aromatic N) is 3. The molecular formula is C23H26N4O3. The molecule has 7 nitrogen and oxygen atoms in total. The Kier molecular flexibility index (Phi) is 5.97. The number of hydrogen-bond donors (Lipinski definition) is 1. The molecule has 2 amide bonds. The molecule has 0 saturated carbocycles. The molecule has 0 radical (unpaired) electrons. The highest BCUT2D eigenvalue weighted by Gasteiger charge is 2.30. The summed E-state index contributed by atoms with van der Waals surface area (Å²) in [5, 5.41) is 2.78. The van der Waals surface area contributed by atoms with Gasteiger partial charge in [0.05, 0.1) is 18.8 Å². The summed E-state index contributed by atoms with van der Waals surface area (Å²) in [5.41, 5.74) is 2.77. The number of carbonyl (C=O) groups is 2. The molecule has 2 heterocycles. The smallest absolute Gasteiger partial charge is 0.246 e.